The predicted octanol–water partition coefficient (Wildman–Crippen LogP) is 2.18. The lowest BCUT2D eigenvalue weighted by atomic mass is 10.1. The minimum Gasteiger partial charge on any atom is -0.487 e. The summed E-state index contributed by atoms with van der Waals surface area (Å²) in [6, 6.07) is 5.56. The number of hydrogen-bond acceptors (Lipinski definition) is 5. The van der Waals surface area contributed by atoms with Crippen molar-refractivity contribution in [2.24, 2.45) is 0 Å². The van der Waals surface area contributed by atoms with E-state index in [4.69, 9.17) is 4.74 Å². The quantitative estimate of drug-likeness (QED) is 0.638. The Balaban J connectivity index is 2.30. The number of rotatable bonds is 6. The molecule has 1 fully saturated rings. The van der Waals surface area contributed by atoms with E-state index in [1.54, 1.807) is 6.07 Å². The first-order valence-corrected chi connectivity index (χ1v) is 7.06. The molecule has 1 aromatic rings. The number of nitro groups is 1. The number of benzene rings is 1. The van der Waals surface area contributed by atoms with Gasteiger partial charge in [-0.1, -0.05) is 0 Å². The first-order valence-electron chi connectivity index (χ1n) is 7.06. The van der Waals surface area contributed by atoms with Crippen LogP contribution in [0.15, 0.2) is 18.2 Å². The van der Waals surface area contributed by atoms with Crippen LogP contribution in [0.1, 0.15) is 20.3 Å². The van der Waals surface area contributed by atoms with Crippen LogP contribution in [0.25, 0.3) is 0 Å². The molecule has 0 aliphatic carbocycles. The molecule has 110 valence electrons. The second-order valence-electron chi connectivity index (χ2n) is 4.77. The molecule has 1 heterocycles. The summed E-state index contributed by atoms with van der Waals surface area (Å²) < 4.78 is 5.41. The molecule has 20 heavy (non-hydrogen) atoms. The minimum atomic E-state index is -0.401. The molecule has 1 N–H and O–H groups in total. The summed E-state index contributed by atoms with van der Waals surface area (Å²) >= 11 is 0. The van der Waals surface area contributed by atoms with Crippen molar-refractivity contribution in [2.45, 2.75) is 26.3 Å². The fourth-order valence-corrected chi connectivity index (χ4v) is 2.66. The Kier molecular flexibility index (Phi) is 4.79. The first kappa shape index (κ1) is 14.6. The predicted molar refractivity (Wildman–Crippen MR) is 78.6 cm³/mol. The zero-order chi connectivity index (χ0) is 14.5. The van der Waals surface area contributed by atoms with Gasteiger partial charge in [0, 0.05) is 37.0 Å². The number of nitrogens with zero attached hydrogens (tertiary/aromatic N) is 2. The highest BCUT2D eigenvalue weighted by molar-refractivity contribution is 5.59. The van der Waals surface area contributed by atoms with E-state index in [1.165, 1.54) is 6.07 Å². The molecule has 1 aliphatic rings. The topological polar surface area (TPSA) is 67.6 Å². The molecule has 0 radical (unpaired) electrons. The van der Waals surface area contributed by atoms with Crippen molar-refractivity contribution < 1.29 is 9.66 Å². The molecular weight excluding hydrogens is 258 g/mol. The second-order valence-corrected chi connectivity index (χ2v) is 4.77. The fourth-order valence-electron chi connectivity index (χ4n) is 2.66. The van der Waals surface area contributed by atoms with Gasteiger partial charge < -0.3 is 15.0 Å². The zero-order valence-electron chi connectivity index (χ0n) is 12.0. The van der Waals surface area contributed by atoms with Gasteiger partial charge in [-0.3, -0.25) is 10.1 Å². The van der Waals surface area contributed by atoms with Gasteiger partial charge in [-0.15, -0.1) is 0 Å². The standard InChI is InChI=1S/C14H21N3O3/c1-3-16(12-7-8-15-10-12)11-5-6-13(17(18)19)14(9-11)20-4-2/h5-6,9,12,15H,3-4,7-8,10H2,1-2H3. The molecule has 0 saturated carbocycles. The Hall–Kier alpha value is -1.82. The molecular formula is C14H21N3O3. The van der Waals surface area contributed by atoms with E-state index < -0.39 is 4.92 Å². The average molecular weight is 279 g/mol. The van der Waals surface area contributed by atoms with Gasteiger partial charge in [0.25, 0.3) is 0 Å². The van der Waals surface area contributed by atoms with Crippen molar-refractivity contribution in [1.29, 1.82) is 0 Å². The lowest BCUT2D eigenvalue weighted by Gasteiger charge is -2.29. The molecule has 0 bridgehead atoms. The van der Waals surface area contributed by atoms with Gasteiger partial charge >= 0.3 is 5.69 Å². The van der Waals surface area contributed by atoms with Crippen LogP contribution in [0.5, 0.6) is 5.75 Å². The van der Waals surface area contributed by atoms with Crippen molar-refractivity contribution in [3.8, 4) is 5.75 Å². The molecule has 1 aromatic carbocycles. The monoisotopic (exact) mass is 279 g/mol. The molecule has 1 atom stereocenters. The van der Waals surface area contributed by atoms with Crippen LogP contribution < -0.4 is 15.0 Å². The van der Waals surface area contributed by atoms with E-state index in [2.05, 4.69) is 17.1 Å². The van der Waals surface area contributed by atoms with Crippen molar-refractivity contribution in [1.82, 2.24) is 5.32 Å². The molecule has 1 saturated heterocycles. The summed E-state index contributed by atoms with van der Waals surface area (Å²) in [6.07, 6.45) is 1.09. The van der Waals surface area contributed by atoms with Crippen molar-refractivity contribution in [3.05, 3.63) is 28.3 Å². The van der Waals surface area contributed by atoms with E-state index in [0.29, 0.717) is 18.4 Å². The van der Waals surface area contributed by atoms with Gasteiger partial charge in [-0.2, -0.15) is 0 Å². The first-order chi connectivity index (χ1) is 9.67. The second kappa shape index (κ2) is 6.56. The van der Waals surface area contributed by atoms with Crippen LogP contribution in [0.3, 0.4) is 0 Å². The number of ether oxygens (including phenoxy) is 1. The molecule has 0 amide bonds. The molecule has 0 spiro atoms. The van der Waals surface area contributed by atoms with Crippen LogP contribution in [0.4, 0.5) is 11.4 Å². The Morgan fingerprint density at radius 2 is 2.30 bits per heavy atom. The lowest BCUT2D eigenvalue weighted by molar-refractivity contribution is -0.385. The van der Waals surface area contributed by atoms with Crippen LogP contribution >= 0.6 is 0 Å². The van der Waals surface area contributed by atoms with Crippen molar-refractivity contribution >= 4 is 11.4 Å². The Morgan fingerprint density at radius 3 is 2.85 bits per heavy atom. The number of hydrogen-bond donors (Lipinski definition) is 1. The third-order valence-corrected chi connectivity index (χ3v) is 3.59. The Labute approximate surface area is 118 Å². The van der Waals surface area contributed by atoms with Crippen LogP contribution in [-0.4, -0.2) is 37.2 Å². The fraction of sp³-hybridized carbons (Fsp3) is 0.571. The maximum absolute atomic E-state index is 11.0. The highest BCUT2D eigenvalue weighted by Crippen LogP contribution is 2.32. The van der Waals surface area contributed by atoms with E-state index in [9.17, 15) is 10.1 Å². The normalized spacial score (nSPS) is 18.0. The third-order valence-electron chi connectivity index (χ3n) is 3.59. The lowest BCUT2D eigenvalue weighted by Crippen LogP contribution is -2.36. The summed E-state index contributed by atoms with van der Waals surface area (Å²) in [7, 11) is 0. The smallest absolute Gasteiger partial charge is 0.311 e. The minimum absolute atomic E-state index is 0.0243. The van der Waals surface area contributed by atoms with Crippen molar-refractivity contribution in [3.63, 3.8) is 0 Å². The number of nitrogens with one attached hydrogen (secondary N) is 1. The maximum Gasteiger partial charge on any atom is 0.311 e. The van der Waals surface area contributed by atoms with Gasteiger partial charge in [-0.05, 0) is 32.9 Å². The van der Waals surface area contributed by atoms with Crippen LogP contribution in [-0.2, 0) is 0 Å². The molecule has 0 aromatic heterocycles. The van der Waals surface area contributed by atoms with E-state index in [0.717, 1.165) is 31.7 Å². The third kappa shape index (κ3) is 3.01. The largest absolute Gasteiger partial charge is 0.487 e. The number of likely N-dealkylation sites (N-methyl/N-ethyl adjacent to an activating group) is 1. The molecule has 2 rings (SSSR count). The maximum atomic E-state index is 11.0. The van der Waals surface area contributed by atoms with Gasteiger partial charge in [0.15, 0.2) is 5.75 Å². The van der Waals surface area contributed by atoms with Gasteiger partial charge in [-0.25, -0.2) is 0 Å². The van der Waals surface area contributed by atoms with E-state index in [-0.39, 0.29) is 5.69 Å². The highest BCUT2D eigenvalue weighted by atomic mass is 16.6. The van der Waals surface area contributed by atoms with E-state index in [1.807, 2.05) is 13.0 Å². The molecule has 6 heteroatoms. The zero-order valence-corrected chi connectivity index (χ0v) is 12.0. The molecule has 1 aliphatic heterocycles. The van der Waals surface area contributed by atoms with Crippen LogP contribution in [0.2, 0.25) is 0 Å². The Bertz CT molecular complexity index is 473. The van der Waals surface area contributed by atoms with Crippen molar-refractivity contribution in [2.75, 3.05) is 31.1 Å². The summed E-state index contributed by atoms with van der Waals surface area (Å²) in [5.74, 6) is 0.347. The van der Waals surface area contributed by atoms with Gasteiger partial charge in [0.05, 0.1) is 11.5 Å². The summed E-state index contributed by atoms with van der Waals surface area (Å²) in [4.78, 5) is 12.9. The highest BCUT2D eigenvalue weighted by Gasteiger charge is 2.23. The summed E-state index contributed by atoms with van der Waals surface area (Å²) in [6.45, 7) is 7.19. The summed E-state index contributed by atoms with van der Waals surface area (Å²) in [5.41, 5.74) is 1.01. The summed E-state index contributed by atoms with van der Waals surface area (Å²) in [5, 5.41) is 14.4. The van der Waals surface area contributed by atoms with Crippen LogP contribution in [0, 0.1) is 10.1 Å². The Morgan fingerprint density at radius 1 is 1.50 bits per heavy atom. The van der Waals surface area contributed by atoms with E-state index >= 15 is 0 Å². The van der Waals surface area contributed by atoms with Gasteiger partial charge in [0.1, 0.15) is 0 Å². The van der Waals surface area contributed by atoms with Gasteiger partial charge in [0.2, 0.25) is 0 Å². The molecule has 1 unspecified atom stereocenters. The SMILES string of the molecule is CCOc1cc(N(CC)C2CCNC2)ccc1[N+](=O)[O-]. The average Bonchev–Trinajstić information content (AvgIpc) is 2.94. The number of nitro benzene ring substituents is 1. The number of anilines is 1. The molecule has 6 nitrogen and oxygen atoms in total.